The highest BCUT2D eigenvalue weighted by Gasteiger charge is 1.99. The van der Waals surface area contributed by atoms with Crippen LogP contribution in [0.3, 0.4) is 0 Å². The Kier molecular flexibility index (Phi) is 2.45. The third-order valence-electron chi connectivity index (χ3n) is 1.21. The molecule has 0 aliphatic rings. The summed E-state index contributed by atoms with van der Waals surface area (Å²) < 4.78 is 1.34. The van der Waals surface area contributed by atoms with Crippen molar-refractivity contribution in [1.29, 1.82) is 5.26 Å². The molecule has 0 spiro atoms. The molecule has 0 radical (unpaired) electrons. The number of aromatic amines is 1. The second-order valence-electron chi connectivity index (χ2n) is 2.02. The normalized spacial score (nSPS) is 9.33. The topological polar surface area (TPSA) is 78.7 Å². The Hall–Kier alpha value is -1.35. The van der Waals surface area contributed by atoms with Crippen molar-refractivity contribution in [3.63, 3.8) is 0 Å². The van der Waals surface area contributed by atoms with Crippen molar-refractivity contribution in [2.75, 3.05) is 0 Å². The zero-order valence-corrected chi connectivity index (χ0v) is 7.46. The molecular formula is C6H4BrN3O2. The van der Waals surface area contributed by atoms with Crippen LogP contribution in [-0.4, -0.2) is 9.55 Å². The third kappa shape index (κ3) is 1.62. The maximum absolute atomic E-state index is 10.9. The van der Waals surface area contributed by atoms with E-state index >= 15 is 0 Å². The summed E-state index contributed by atoms with van der Waals surface area (Å²) in [4.78, 5) is 23.8. The lowest BCUT2D eigenvalue weighted by Crippen LogP contribution is -2.29. The molecule has 0 saturated carbocycles. The van der Waals surface area contributed by atoms with E-state index in [1.54, 1.807) is 6.07 Å². The first-order valence-corrected chi connectivity index (χ1v) is 3.80. The first-order valence-electron chi connectivity index (χ1n) is 3.01. The predicted octanol–water partition coefficient (Wildman–Crippen LogP) is -0.177. The summed E-state index contributed by atoms with van der Waals surface area (Å²) in [5.41, 5.74) is -1.07. The maximum Gasteiger partial charge on any atom is 0.329 e. The molecule has 1 rings (SSSR count). The van der Waals surface area contributed by atoms with Crippen molar-refractivity contribution in [1.82, 2.24) is 9.55 Å². The number of aromatic nitrogens is 2. The Bertz CT molecular complexity index is 439. The minimum Gasteiger partial charge on any atom is -0.286 e. The zero-order chi connectivity index (χ0) is 9.14. The van der Waals surface area contributed by atoms with Gasteiger partial charge >= 0.3 is 5.69 Å². The average molecular weight is 230 g/mol. The van der Waals surface area contributed by atoms with Gasteiger partial charge in [0, 0.05) is 6.20 Å². The SMILES string of the molecule is N#CCn1cc(Br)c(=O)[nH]c1=O. The molecule has 12 heavy (non-hydrogen) atoms. The Morgan fingerprint density at radius 3 is 2.92 bits per heavy atom. The lowest BCUT2D eigenvalue weighted by atomic mass is 10.6. The van der Waals surface area contributed by atoms with Gasteiger partial charge in [-0.15, -0.1) is 0 Å². The number of H-pyrrole nitrogens is 1. The second-order valence-corrected chi connectivity index (χ2v) is 2.88. The van der Waals surface area contributed by atoms with Crippen molar-refractivity contribution in [3.8, 4) is 6.07 Å². The summed E-state index contributed by atoms with van der Waals surface area (Å²) in [7, 11) is 0. The van der Waals surface area contributed by atoms with Crippen LogP contribution in [0.1, 0.15) is 0 Å². The molecule has 0 bridgehead atoms. The van der Waals surface area contributed by atoms with E-state index in [9.17, 15) is 9.59 Å². The number of hydrogen-bond acceptors (Lipinski definition) is 3. The van der Waals surface area contributed by atoms with E-state index in [4.69, 9.17) is 5.26 Å². The van der Waals surface area contributed by atoms with Crippen LogP contribution in [0.2, 0.25) is 0 Å². The molecule has 0 unspecified atom stereocenters. The van der Waals surface area contributed by atoms with Crippen molar-refractivity contribution < 1.29 is 0 Å². The zero-order valence-electron chi connectivity index (χ0n) is 5.87. The predicted molar refractivity (Wildman–Crippen MR) is 44.6 cm³/mol. The fourth-order valence-electron chi connectivity index (χ4n) is 0.676. The van der Waals surface area contributed by atoms with Gasteiger partial charge in [-0.2, -0.15) is 5.26 Å². The van der Waals surface area contributed by atoms with E-state index < -0.39 is 11.2 Å². The van der Waals surface area contributed by atoms with Crippen LogP contribution in [0.15, 0.2) is 20.3 Å². The summed E-state index contributed by atoms with van der Waals surface area (Å²) in [5, 5.41) is 8.29. The van der Waals surface area contributed by atoms with Crippen LogP contribution in [0.5, 0.6) is 0 Å². The molecule has 62 valence electrons. The quantitative estimate of drug-likeness (QED) is 0.726. The number of hydrogen-bond donors (Lipinski definition) is 1. The first-order chi connectivity index (χ1) is 5.65. The summed E-state index contributed by atoms with van der Waals surface area (Å²) in [6.07, 6.45) is 1.28. The van der Waals surface area contributed by atoms with Crippen molar-refractivity contribution in [2.45, 2.75) is 6.54 Å². The highest BCUT2D eigenvalue weighted by molar-refractivity contribution is 9.10. The number of nitrogens with one attached hydrogen (secondary N) is 1. The molecular weight excluding hydrogens is 226 g/mol. The van der Waals surface area contributed by atoms with E-state index in [1.807, 2.05) is 4.98 Å². The Morgan fingerprint density at radius 2 is 2.33 bits per heavy atom. The van der Waals surface area contributed by atoms with Crippen LogP contribution >= 0.6 is 15.9 Å². The summed E-state index contributed by atoms with van der Waals surface area (Å²) in [5.74, 6) is 0. The number of nitrogens with zero attached hydrogens (tertiary/aromatic N) is 2. The standard InChI is InChI=1S/C6H4BrN3O2/c7-4-3-10(2-1-8)6(12)9-5(4)11/h3H,2H2,(H,9,11,12). The maximum atomic E-state index is 10.9. The van der Waals surface area contributed by atoms with Gasteiger partial charge in [0.05, 0.1) is 10.5 Å². The Labute approximate surface area is 75.4 Å². The molecule has 6 heteroatoms. The van der Waals surface area contributed by atoms with Crippen LogP contribution in [0.4, 0.5) is 0 Å². The summed E-state index contributed by atoms with van der Waals surface area (Å²) >= 11 is 2.94. The van der Waals surface area contributed by atoms with Gasteiger partial charge in [-0.1, -0.05) is 0 Å². The highest BCUT2D eigenvalue weighted by atomic mass is 79.9. The van der Waals surface area contributed by atoms with Gasteiger partial charge in [0.15, 0.2) is 0 Å². The average Bonchev–Trinajstić information content (AvgIpc) is 2.01. The van der Waals surface area contributed by atoms with Gasteiger partial charge in [-0.3, -0.25) is 14.3 Å². The molecule has 0 atom stereocenters. The molecule has 1 aromatic heterocycles. The fraction of sp³-hybridized carbons (Fsp3) is 0.167. The van der Waals surface area contributed by atoms with E-state index in [0.717, 1.165) is 4.57 Å². The number of nitriles is 1. The molecule has 0 fully saturated rings. The van der Waals surface area contributed by atoms with Crippen molar-refractivity contribution in [3.05, 3.63) is 31.5 Å². The molecule has 0 aliphatic heterocycles. The second kappa shape index (κ2) is 3.36. The lowest BCUT2D eigenvalue weighted by molar-refractivity contribution is 0.738. The van der Waals surface area contributed by atoms with Crippen molar-refractivity contribution in [2.24, 2.45) is 0 Å². The summed E-state index contributed by atoms with van der Waals surface area (Å²) in [6.45, 7) is -0.0752. The van der Waals surface area contributed by atoms with Gasteiger partial charge in [0.2, 0.25) is 0 Å². The fourth-order valence-corrected chi connectivity index (χ4v) is 1.02. The third-order valence-corrected chi connectivity index (χ3v) is 1.77. The summed E-state index contributed by atoms with van der Waals surface area (Å²) in [6, 6.07) is 1.79. The van der Waals surface area contributed by atoms with E-state index in [2.05, 4.69) is 15.9 Å². The number of halogens is 1. The Morgan fingerprint density at radius 1 is 1.67 bits per heavy atom. The Balaban J connectivity index is 3.35. The van der Waals surface area contributed by atoms with Gasteiger partial charge in [0.25, 0.3) is 5.56 Å². The van der Waals surface area contributed by atoms with E-state index in [0.29, 0.717) is 0 Å². The van der Waals surface area contributed by atoms with Crippen LogP contribution in [0.25, 0.3) is 0 Å². The van der Waals surface area contributed by atoms with Gasteiger partial charge in [0.1, 0.15) is 6.54 Å². The van der Waals surface area contributed by atoms with Crippen LogP contribution in [0, 0.1) is 11.3 Å². The molecule has 0 aliphatic carbocycles. The van der Waals surface area contributed by atoms with Gasteiger partial charge in [-0.05, 0) is 15.9 Å². The molecule has 0 aromatic carbocycles. The van der Waals surface area contributed by atoms with Crippen LogP contribution in [-0.2, 0) is 6.54 Å². The van der Waals surface area contributed by atoms with Gasteiger partial charge < -0.3 is 0 Å². The monoisotopic (exact) mass is 229 g/mol. The molecule has 0 amide bonds. The molecule has 0 saturated heterocycles. The molecule has 1 heterocycles. The van der Waals surface area contributed by atoms with Gasteiger partial charge in [-0.25, -0.2) is 4.79 Å². The lowest BCUT2D eigenvalue weighted by Gasteiger charge is -1.97. The number of rotatable bonds is 1. The molecule has 1 aromatic rings. The van der Waals surface area contributed by atoms with E-state index in [-0.39, 0.29) is 11.0 Å². The minimum atomic E-state index is -0.579. The van der Waals surface area contributed by atoms with E-state index in [1.165, 1.54) is 6.20 Å². The first kappa shape index (κ1) is 8.74. The van der Waals surface area contributed by atoms with Crippen LogP contribution < -0.4 is 11.2 Å². The minimum absolute atomic E-state index is 0.0752. The smallest absolute Gasteiger partial charge is 0.286 e. The highest BCUT2D eigenvalue weighted by Crippen LogP contribution is 1.96. The van der Waals surface area contributed by atoms with Crippen molar-refractivity contribution >= 4 is 15.9 Å². The largest absolute Gasteiger partial charge is 0.329 e. The molecule has 5 nitrogen and oxygen atoms in total. The molecule has 1 N–H and O–H groups in total.